The van der Waals surface area contributed by atoms with Crippen LogP contribution in [0.15, 0.2) is 83.0 Å². The lowest BCUT2D eigenvalue weighted by Gasteiger charge is -2.22. The van der Waals surface area contributed by atoms with Crippen LogP contribution in [0.3, 0.4) is 0 Å². The molecule has 0 fully saturated rings. The summed E-state index contributed by atoms with van der Waals surface area (Å²) in [6, 6.07) is 19.1. The van der Waals surface area contributed by atoms with Gasteiger partial charge in [-0.05, 0) is 35.9 Å². The second-order valence-corrected chi connectivity index (χ2v) is 6.79. The molecule has 5 rings (SSSR count). The van der Waals surface area contributed by atoms with Gasteiger partial charge in [0.2, 0.25) is 5.54 Å². The molecule has 0 aliphatic carbocycles. The highest BCUT2D eigenvalue weighted by molar-refractivity contribution is 6.17. The summed E-state index contributed by atoms with van der Waals surface area (Å²) in [5.41, 5.74) is 2.12. The van der Waals surface area contributed by atoms with Crippen molar-refractivity contribution < 1.29 is 4.79 Å². The van der Waals surface area contributed by atoms with Gasteiger partial charge in [-0.1, -0.05) is 30.3 Å². The molecule has 6 heteroatoms. The van der Waals surface area contributed by atoms with Gasteiger partial charge in [0.15, 0.2) is 5.78 Å². The van der Waals surface area contributed by atoms with Crippen LogP contribution in [0.25, 0.3) is 0 Å². The summed E-state index contributed by atoms with van der Waals surface area (Å²) in [5.74, 6) is 1.22. The van der Waals surface area contributed by atoms with Gasteiger partial charge in [-0.2, -0.15) is 0 Å². The number of ketones is 1. The second kappa shape index (κ2) is 6.49. The van der Waals surface area contributed by atoms with E-state index in [1.165, 1.54) is 5.56 Å². The average molecular weight is 367 g/mol. The molecule has 0 saturated carbocycles. The SMILES string of the molecule is O=C1CC(N=C2Cc3ccccc3N2)=NC1(c1ccccn1)c1ccccn1. The Hall–Kier alpha value is -3.67. The Balaban J connectivity index is 1.59. The Bertz CT molecular complexity index is 1040. The van der Waals surface area contributed by atoms with E-state index in [0.717, 1.165) is 11.5 Å². The topological polar surface area (TPSA) is 79.6 Å². The number of aromatic nitrogens is 2. The van der Waals surface area contributed by atoms with E-state index in [4.69, 9.17) is 4.99 Å². The van der Waals surface area contributed by atoms with Crippen LogP contribution < -0.4 is 5.32 Å². The molecule has 0 unspecified atom stereocenters. The minimum Gasteiger partial charge on any atom is -0.343 e. The molecule has 0 radical (unpaired) electrons. The molecule has 6 nitrogen and oxygen atoms in total. The first-order valence-electron chi connectivity index (χ1n) is 9.13. The monoisotopic (exact) mass is 367 g/mol. The summed E-state index contributed by atoms with van der Waals surface area (Å²) in [5, 5.41) is 3.31. The lowest BCUT2D eigenvalue weighted by atomic mass is 9.87. The third kappa shape index (κ3) is 2.62. The smallest absolute Gasteiger partial charge is 0.204 e. The minimum atomic E-state index is -1.24. The third-order valence-electron chi connectivity index (χ3n) is 5.01. The van der Waals surface area contributed by atoms with Crippen molar-refractivity contribution >= 4 is 23.1 Å². The number of hydrogen-bond acceptors (Lipinski definition) is 5. The number of pyridine rings is 2. The highest BCUT2D eigenvalue weighted by atomic mass is 16.1. The zero-order valence-electron chi connectivity index (χ0n) is 15.0. The molecule has 2 aliphatic rings. The normalized spacial score (nSPS) is 18.6. The summed E-state index contributed by atoms with van der Waals surface area (Å²) in [7, 11) is 0. The number of nitrogens with zero attached hydrogens (tertiary/aromatic N) is 4. The number of hydrogen-bond donors (Lipinski definition) is 1. The van der Waals surface area contributed by atoms with Crippen LogP contribution in [0, 0.1) is 0 Å². The van der Waals surface area contributed by atoms with Crippen LogP contribution in [-0.2, 0) is 16.8 Å². The molecule has 0 atom stereocenters. The van der Waals surface area contributed by atoms with E-state index >= 15 is 0 Å². The number of para-hydroxylation sites is 1. The maximum atomic E-state index is 13.2. The average Bonchev–Trinajstić information content (AvgIpc) is 3.30. The van der Waals surface area contributed by atoms with Crippen molar-refractivity contribution in [2.75, 3.05) is 5.32 Å². The Morgan fingerprint density at radius 1 is 0.857 bits per heavy atom. The van der Waals surface area contributed by atoms with Crippen LogP contribution >= 0.6 is 0 Å². The second-order valence-electron chi connectivity index (χ2n) is 6.79. The molecular weight excluding hydrogens is 350 g/mol. The number of fused-ring (bicyclic) bond motifs is 1. The predicted molar refractivity (Wildman–Crippen MR) is 108 cm³/mol. The fourth-order valence-electron chi connectivity index (χ4n) is 3.72. The van der Waals surface area contributed by atoms with E-state index in [-0.39, 0.29) is 12.2 Å². The zero-order valence-corrected chi connectivity index (χ0v) is 15.0. The predicted octanol–water partition coefficient (Wildman–Crippen LogP) is 3.16. The van der Waals surface area contributed by atoms with Gasteiger partial charge in [0.05, 0.1) is 17.8 Å². The lowest BCUT2D eigenvalue weighted by molar-refractivity contribution is -0.121. The van der Waals surface area contributed by atoms with Crippen molar-refractivity contribution in [3.63, 3.8) is 0 Å². The van der Waals surface area contributed by atoms with Crippen LogP contribution in [-0.4, -0.2) is 27.4 Å². The van der Waals surface area contributed by atoms with Gasteiger partial charge in [0.25, 0.3) is 0 Å². The molecule has 0 spiro atoms. The van der Waals surface area contributed by atoms with Gasteiger partial charge >= 0.3 is 0 Å². The number of carbonyl (C=O) groups is 1. The molecular formula is C22H17N5O. The first-order chi connectivity index (χ1) is 13.8. The van der Waals surface area contributed by atoms with Gasteiger partial charge in [-0.15, -0.1) is 0 Å². The van der Waals surface area contributed by atoms with E-state index in [9.17, 15) is 4.79 Å². The summed E-state index contributed by atoms with van der Waals surface area (Å²) < 4.78 is 0. The Labute approximate surface area is 162 Å². The third-order valence-corrected chi connectivity index (χ3v) is 5.01. The van der Waals surface area contributed by atoms with E-state index < -0.39 is 5.54 Å². The van der Waals surface area contributed by atoms with Crippen molar-refractivity contribution in [1.82, 2.24) is 9.97 Å². The molecule has 0 amide bonds. The first-order valence-corrected chi connectivity index (χ1v) is 9.13. The standard InChI is InChI=1S/C22H17N5O/c28-19-14-21(26-20-13-15-7-1-2-8-16(15)25-20)27-22(19,17-9-3-5-11-23-17)18-10-4-6-12-24-18/h1-12H,13-14H2,(H,25,26,27). The number of rotatable bonds is 2. The van der Waals surface area contributed by atoms with Crippen molar-refractivity contribution in [3.05, 3.63) is 90.0 Å². The molecule has 4 heterocycles. The number of nitrogens with one attached hydrogen (secondary N) is 1. The van der Waals surface area contributed by atoms with Gasteiger partial charge in [0, 0.05) is 24.5 Å². The van der Waals surface area contributed by atoms with Gasteiger partial charge in [-0.25, -0.2) is 9.98 Å². The molecule has 1 aromatic carbocycles. The summed E-state index contributed by atoms with van der Waals surface area (Å²) in [4.78, 5) is 31.5. The molecule has 2 aromatic heterocycles. The number of Topliss-reactive ketones (excluding diaryl/α,β-unsaturated/α-hetero) is 1. The molecule has 0 bridgehead atoms. The summed E-state index contributed by atoms with van der Waals surface area (Å²) in [6.07, 6.45) is 4.18. The zero-order chi connectivity index (χ0) is 19.0. The maximum absolute atomic E-state index is 13.2. The summed E-state index contributed by atoms with van der Waals surface area (Å²) >= 11 is 0. The Kier molecular flexibility index (Phi) is 3.83. The van der Waals surface area contributed by atoms with E-state index in [0.29, 0.717) is 23.6 Å². The quantitative estimate of drug-likeness (QED) is 0.755. The highest BCUT2D eigenvalue weighted by Crippen LogP contribution is 2.38. The highest BCUT2D eigenvalue weighted by Gasteiger charge is 2.49. The van der Waals surface area contributed by atoms with Crippen LogP contribution in [0.1, 0.15) is 23.4 Å². The maximum Gasteiger partial charge on any atom is 0.204 e. The Morgan fingerprint density at radius 2 is 1.54 bits per heavy atom. The molecule has 28 heavy (non-hydrogen) atoms. The first kappa shape index (κ1) is 16.5. The number of benzene rings is 1. The molecule has 2 aliphatic heterocycles. The van der Waals surface area contributed by atoms with Crippen molar-refractivity contribution in [1.29, 1.82) is 0 Å². The van der Waals surface area contributed by atoms with E-state index in [1.807, 2.05) is 54.6 Å². The number of aliphatic imine (C=N–C) groups is 2. The largest absolute Gasteiger partial charge is 0.343 e. The van der Waals surface area contributed by atoms with Crippen LogP contribution in [0.5, 0.6) is 0 Å². The molecule has 1 N–H and O–H groups in total. The number of amidine groups is 2. The molecule has 3 aromatic rings. The van der Waals surface area contributed by atoms with Crippen LogP contribution in [0.2, 0.25) is 0 Å². The number of carbonyl (C=O) groups excluding carboxylic acids is 1. The van der Waals surface area contributed by atoms with E-state index in [1.54, 1.807) is 12.4 Å². The lowest BCUT2D eigenvalue weighted by Crippen LogP contribution is -2.33. The van der Waals surface area contributed by atoms with Gasteiger partial charge < -0.3 is 5.32 Å². The Morgan fingerprint density at radius 3 is 2.18 bits per heavy atom. The molecule has 136 valence electrons. The van der Waals surface area contributed by atoms with Crippen molar-refractivity contribution in [2.45, 2.75) is 18.4 Å². The van der Waals surface area contributed by atoms with E-state index in [2.05, 4.69) is 26.3 Å². The van der Waals surface area contributed by atoms with Crippen molar-refractivity contribution in [2.24, 2.45) is 9.98 Å². The number of anilines is 1. The van der Waals surface area contributed by atoms with Crippen molar-refractivity contribution in [3.8, 4) is 0 Å². The minimum absolute atomic E-state index is 0.0697. The fourth-order valence-corrected chi connectivity index (χ4v) is 3.72. The van der Waals surface area contributed by atoms with Gasteiger partial charge in [0.1, 0.15) is 11.7 Å². The van der Waals surface area contributed by atoms with Crippen LogP contribution in [0.4, 0.5) is 5.69 Å². The van der Waals surface area contributed by atoms with Gasteiger partial charge in [-0.3, -0.25) is 14.8 Å². The fraction of sp³-hybridized carbons (Fsp3) is 0.136. The molecule has 0 saturated heterocycles. The summed E-state index contributed by atoms with van der Waals surface area (Å²) in [6.45, 7) is 0.